The average Bonchev–Trinajstić information content (AvgIpc) is 3.18. The first-order valence-electron chi connectivity index (χ1n) is 8.70. The van der Waals surface area contributed by atoms with Gasteiger partial charge in [-0.3, -0.25) is 4.79 Å². The van der Waals surface area contributed by atoms with Crippen LogP contribution in [-0.2, 0) is 13.1 Å². The summed E-state index contributed by atoms with van der Waals surface area (Å²) in [4.78, 5) is 19.0. The first-order chi connectivity index (χ1) is 12.6. The van der Waals surface area contributed by atoms with Crippen molar-refractivity contribution in [2.24, 2.45) is 0 Å². The van der Waals surface area contributed by atoms with Crippen molar-refractivity contribution in [3.05, 3.63) is 84.1 Å². The summed E-state index contributed by atoms with van der Waals surface area (Å²) in [5.41, 5.74) is 2.39. The molecule has 2 aromatic heterocycles. The van der Waals surface area contributed by atoms with Gasteiger partial charge in [0.15, 0.2) is 0 Å². The summed E-state index contributed by atoms with van der Waals surface area (Å²) in [7, 11) is 0. The molecule has 0 bridgehead atoms. The zero-order valence-electron chi connectivity index (χ0n) is 15.1. The lowest BCUT2D eigenvalue weighted by Gasteiger charge is -2.26. The summed E-state index contributed by atoms with van der Waals surface area (Å²) >= 11 is 0. The quantitative estimate of drug-likeness (QED) is 0.689. The van der Waals surface area contributed by atoms with Gasteiger partial charge in [-0.15, -0.1) is 0 Å². The average molecular weight is 349 g/mol. The highest BCUT2D eigenvalue weighted by atomic mass is 16.3. The van der Waals surface area contributed by atoms with Crippen LogP contribution in [0.3, 0.4) is 0 Å². The standard InChI is InChI=1S/C21H23N3O2/c1-16(2)24(15-17-7-4-3-5-8-17)21(25)20-11-10-18(13-23-20)22-14-19-9-6-12-26-19/h3-13,16,22H,14-15H2,1-2H3. The third-order valence-electron chi connectivity index (χ3n) is 4.11. The molecular formula is C21H23N3O2. The third-order valence-corrected chi connectivity index (χ3v) is 4.11. The van der Waals surface area contributed by atoms with E-state index in [0.717, 1.165) is 17.0 Å². The van der Waals surface area contributed by atoms with E-state index in [0.29, 0.717) is 18.8 Å². The zero-order chi connectivity index (χ0) is 18.4. The Balaban J connectivity index is 1.66. The molecule has 1 amide bonds. The van der Waals surface area contributed by atoms with Crippen molar-refractivity contribution >= 4 is 11.6 Å². The Bertz CT molecular complexity index is 812. The van der Waals surface area contributed by atoms with E-state index in [1.165, 1.54) is 0 Å². The van der Waals surface area contributed by atoms with Gasteiger partial charge in [0.05, 0.1) is 24.7 Å². The van der Waals surface area contributed by atoms with Crippen LogP contribution in [0, 0.1) is 0 Å². The molecule has 3 aromatic rings. The van der Waals surface area contributed by atoms with E-state index in [4.69, 9.17) is 4.42 Å². The highest BCUT2D eigenvalue weighted by Crippen LogP contribution is 2.14. The molecule has 0 spiro atoms. The molecule has 0 atom stereocenters. The number of amides is 1. The molecule has 0 radical (unpaired) electrons. The number of nitrogens with zero attached hydrogens (tertiary/aromatic N) is 2. The molecule has 2 heterocycles. The van der Waals surface area contributed by atoms with E-state index in [9.17, 15) is 4.79 Å². The molecule has 0 aliphatic rings. The predicted molar refractivity (Wildman–Crippen MR) is 102 cm³/mol. The first-order valence-corrected chi connectivity index (χ1v) is 8.70. The van der Waals surface area contributed by atoms with Gasteiger partial charge in [-0.1, -0.05) is 30.3 Å². The molecule has 3 rings (SSSR count). The Hall–Kier alpha value is -3.08. The van der Waals surface area contributed by atoms with Gasteiger partial charge in [-0.25, -0.2) is 4.98 Å². The molecular weight excluding hydrogens is 326 g/mol. The molecule has 5 nitrogen and oxygen atoms in total. The van der Waals surface area contributed by atoms with Gasteiger partial charge in [-0.2, -0.15) is 0 Å². The maximum atomic E-state index is 12.9. The smallest absolute Gasteiger partial charge is 0.272 e. The van der Waals surface area contributed by atoms with Crippen molar-refractivity contribution in [1.82, 2.24) is 9.88 Å². The highest BCUT2D eigenvalue weighted by Gasteiger charge is 2.20. The summed E-state index contributed by atoms with van der Waals surface area (Å²) < 4.78 is 5.29. The number of hydrogen-bond donors (Lipinski definition) is 1. The van der Waals surface area contributed by atoms with Crippen LogP contribution in [0.15, 0.2) is 71.5 Å². The van der Waals surface area contributed by atoms with Crippen LogP contribution in [0.4, 0.5) is 5.69 Å². The second kappa shape index (κ2) is 8.34. The molecule has 0 fully saturated rings. The fourth-order valence-electron chi connectivity index (χ4n) is 2.64. The minimum absolute atomic E-state index is 0.0681. The van der Waals surface area contributed by atoms with Crippen molar-refractivity contribution in [3.8, 4) is 0 Å². The lowest BCUT2D eigenvalue weighted by atomic mass is 10.1. The summed E-state index contributed by atoms with van der Waals surface area (Å²) in [6.07, 6.45) is 3.32. The second-order valence-corrected chi connectivity index (χ2v) is 6.38. The van der Waals surface area contributed by atoms with Crippen molar-refractivity contribution in [3.63, 3.8) is 0 Å². The topological polar surface area (TPSA) is 58.4 Å². The lowest BCUT2D eigenvalue weighted by Crippen LogP contribution is -2.36. The minimum Gasteiger partial charge on any atom is -0.467 e. The number of benzene rings is 1. The van der Waals surface area contributed by atoms with E-state index >= 15 is 0 Å². The number of rotatable bonds is 7. The maximum Gasteiger partial charge on any atom is 0.272 e. The minimum atomic E-state index is -0.0681. The monoisotopic (exact) mass is 349 g/mol. The first kappa shape index (κ1) is 17.7. The fraction of sp³-hybridized carbons (Fsp3) is 0.238. The van der Waals surface area contributed by atoms with Gasteiger partial charge in [0, 0.05) is 12.6 Å². The summed E-state index contributed by atoms with van der Waals surface area (Å²) in [6, 6.07) is 17.5. The highest BCUT2D eigenvalue weighted by molar-refractivity contribution is 5.92. The molecule has 0 aliphatic carbocycles. The number of anilines is 1. The molecule has 0 saturated heterocycles. The number of hydrogen-bond acceptors (Lipinski definition) is 4. The SMILES string of the molecule is CC(C)N(Cc1ccccc1)C(=O)c1ccc(NCc2ccco2)cn1. The molecule has 1 aromatic carbocycles. The van der Waals surface area contributed by atoms with E-state index in [1.54, 1.807) is 18.5 Å². The number of furan rings is 1. The van der Waals surface area contributed by atoms with Gasteiger partial charge in [0.25, 0.3) is 5.91 Å². The summed E-state index contributed by atoms with van der Waals surface area (Å²) in [6.45, 7) is 5.17. The van der Waals surface area contributed by atoms with Crippen LogP contribution in [0.5, 0.6) is 0 Å². The predicted octanol–water partition coefficient (Wildman–Crippen LogP) is 4.34. The van der Waals surface area contributed by atoms with Gasteiger partial charge < -0.3 is 14.6 Å². The molecule has 26 heavy (non-hydrogen) atoms. The molecule has 0 unspecified atom stereocenters. The third kappa shape index (κ3) is 4.51. The van der Waals surface area contributed by atoms with Gasteiger partial charge in [0.2, 0.25) is 0 Å². The normalized spacial score (nSPS) is 10.7. The number of carbonyl (C=O) groups excluding carboxylic acids is 1. The van der Waals surface area contributed by atoms with Crippen LogP contribution < -0.4 is 5.32 Å². The van der Waals surface area contributed by atoms with Crippen molar-refractivity contribution < 1.29 is 9.21 Å². The van der Waals surface area contributed by atoms with Crippen molar-refractivity contribution in [2.75, 3.05) is 5.32 Å². The Morgan fingerprint density at radius 3 is 2.54 bits per heavy atom. The van der Waals surface area contributed by atoms with E-state index in [1.807, 2.05) is 67.3 Å². The Kier molecular flexibility index (Phi) is 5.69. The van der Waals surface area contributed by atoms with Crippen LogP contribution >= 0.6 is 0 Å². The maximum absolute atomic E-state index is 12.9. The summed E-state index contributed by atoms with van der Waals surface area (Å²) in [5.74, 6) is 0.778. The van der Waals surface area contributed by atoms with Crippen molar-refractivity contribution in [2.45, 2.75) is 33.0 Å². The zero-order valence-corrected chi connectivity index (χ0v) is 15.1. The van der Waals surface area contributed by atoms with Gasteiger partial charge >= 0.3 is 0 Å². The Morgan fingerprint density at radius 1 is 1.12 bits per heavy atom. The summed E-state index contributed by atoms with van der Waals surface area (Å²) in [5, 5.41) is 3.22. The molecule has 0 aliphatic heterocycles. The number of carbonyl (C=O) groups is 1. The lowest BCUT2D eigenvalue weighted by molar-refractivity contribution is 0.0684. The molecule has 5 heteroatoms. The van der Waals surface area contributed by atoms with Crippen LogP contribution in [0.1, 0.15) is 35.7 Å². The van der Waals surface area contributed by atoms with Gasteiger partial charge in [0.1, 0.15) is 11.5 Å². The molecule has 0 saturated carbocycles. The Morgan fingerprint density at radius 2 is 1.92 bits per heavy atom. The Labute approximate surface area is 153 Å². The second-order valence-electron chi connectivity index (χ2n) is 6.38. The van der Waals surface area contributed by atoms with Crippen molar-refractivity contribution in [1.29, 1.82) is 0 Å². The van der Waals surface area contributed by atoms with Gasteiger partial charge in [-0.05, 0) is 43.7 Å². The van der Waals surface area contributed by atoms with Crippen LogP contribution in [-0.4, -0.2) is 21.8 Å². The number of aromatic nitrogens is 1. The van der Waals surface area contributed by atoms with E-state index in [2.05, 4.69) is 10.3 Å². The van der Waals surface area contributed by atoms with Crippen LogP contribution in [0.2, 0.25) is 0 Å². The number of pyridine rings is 1. The fourth-order valence-corrected chi connectivity index (χ4v) is 2.64. The molecule has 1 N–H and O–H groups in total. The van der Waals surface area contributed by atoms with E-state index < -0.39 is 0 Å². The largest absolute Gasteiger partial charge is 0.467 e. The number of nitrogens with one attached hydrogen (secondary N) is 1. The van der Waals surface area contributed by atoms with E-state index in [-0.39, 0.29) is 11.9 Å². The van der Waals surface area contributed by atoms with Crippen LogP contribution in [0.25, 0.3) is 0 Å². The molecule has 134 valence electrons.